The zero-order chi connectivity index (χ0) is 25.0. The van der Waals surface area contributed by atoms with Crippen molar-refractivity contribution in [1.29, 1.82) is 0 Å². The van der Waals surface area contributed by atoms with Gasteiger partial charge in [0.25, 0.3) is 17.4 Å². The molecule has 2 aliphatic heterocycles. The van der Waals surface area contributed by atoms with Crippen molar-refractivity contribution >= 4 is 19.6 Å². The number of hydrogen-bond donors (Lipinski definition) is 3. The van der Waals surface area contributed by atoms with Crippen LogP contribution in [0.4, 0.5) is 0 Å². The maximum absolute atomic E-state index is 13.4. The van der Waals surface area contributed by atoms with Gasteiger partial charge in [0.2, 0.25) is 0 Å². The van der Waals surface area contributed by atoms with Crippen molar-refractivity contribution in [3.05, 3.63) is 63.1 Å². The molecule has 3 heterocycles. The summed E-state index contributed by atoms with van der Waals surface area (Å²) in [5.74, 6) is -1.84. The van der Waals surface area contributed by atoms with E-state index >= 15 is 0 Å². The second-order valence-corrected chi connectivity index (χ2v) is 10.2. The summed E-state index contributed by atoms with van der Waals surface area (Å²) in [4.78, 5) is 60.8. The molecule has 1 atom stereocenters. The minimum absolute atomic E-state index is 0.00103. The SMILES string of the molecule is CC(CN1C(=O)c2c3c(c(O)c(=O)n2C1(C)C)C(=O)N(Cc1ccccc1)CC3)OP(=O)(O)O. The van der Waals surface area contributed by atoms with Gasteiger partial charge in [-0.1, -0.05) is 30.3 Å². The number of phosphoric acid groups is 1. The minimum atomic E-state index is -4.79. The number of pyridine rings is 1. The molecule has 2 amide bonds. The zero-order valence-corrected chi connectivity index (χ0v) is 19.9. The average Bonchev–Trinajstić information content (AvgIpc) is 2.93. The summed E-state index contributed by atoms with van der Waals surface area (Å²) in [5.41, 5.74) is -1.15. The van der Waals surface area contributed by atoms with Crippen molar-refractivity contribution in [2.45, 2.75) is 45.5 Å². The summed E-state index contributed by atoms with van der Waals surface area (Å²) in [6.45, 7) is 4.90. The molecule has 1 aromatic carbocycles. The van der Waals surface area contributed by atoms with Crippen LogP contribution >= 0.6 is 7.82 Å². The number of hydrogen-bond acceptors (Lipinski definition) is 6. The van der Waals surface area contributed by atoms with Crippen LogP contribution < -0.4 is 5.56 Å². The van der Waals surface area contributed by atoms with Crippen LogP contribution in [-0.4, -0.2) is 60.3 Å². The van der Waals surface area contributed by atoms with E-state index in [1.165, 1.54) is 16.7 Å². The number of carbonyl (C=O) groups excluding carboxylic acids is 2. The maximum Gasteiger partial charge on any atom is 0.469 e. The summed E-state index contributed by atoms with van der Waals surface area (Å²) < 4.78 is 17.0. The highest BCUT2D eigenvalue weighted by molar-refractivity contribution is 7.46. The molecule has 182 valence electrons. The van der Waals surface area contributed by atoms with Crippen molar-refractivity contribution in [3.8, 4) is 5.75 Å². The van der Waals surface area contributed by atoms with Crippen molar-refractivity contribution in [3.63, 3.8) is 0 Å². The summed E-state index contributed by atoms with van der Waals surface area (Å²) >= 11 is 0. The second kappa shape index (κ2) is 8.35. The van der Waals surface area contributed by atoms with Gasteiger partial charge in [0.05, 0.1) is 11.7 Å². The highest BCUT2D eigenvalue weighted by Gasteiger charge is 2.48. The molecule has 1 aromatic heterocycles. The Hall–Kier alpha value is -2.98. The first-order valence-electron chi connectivity index (χ1n) is 10.7. The fourth-order valence-electron chi connectivity index (χ4n) is 4.72. The fraction of sp³-hybridized carbons (Fsp3) is 0.409. The third-order valence-electron chi connectivity index (χ3n) is 6.22. The van der Waals surface area contributed by atoms with Gasteiger partial charge in [-0.05, 0) is 32.8 Å². The van der Waals surface area contributed by atoms with Gasteiger partial charge in [0, 0.05) is 25.2 Å². The van der Waals surface area contributed by atoms with Crippen LogP contribution in [0.15, 0.2) is 35.1 Å². The standard InChI is InChI=1S/C22H26N3O8P/c1-13(33-34(30,31)32)11-24-20(28)17-15-9-10-23(12-14-7-5-4-6-8-14)19(27)16(15)18(26)21(29)25(17)22(24,2)3/h4-8,13,26H,9-12H2,1-3H3,(H2,30,31,32). The van der Waals surface area contributed by atoms with E-state index in [4.69, 9.17) is 9.79 Å². The van der Waals surface area contributed by atoms with Gasteiger partial charge in [0.1, 0.15) is 11.4 Å². The van der Waals surface area contributed by atoms with E-state index in [0.29, 0.717) is 6.54 Å². The summed E-state index contributed by atoms with van der Waals surface area (Å²) in [5, 5.41) is 10.8. The summed E-state index contributed by atoms with van der Waals surface area (Å²) in [7, 11) is -4.79. The number of fused-ring (bicyclic) bond motifs is 3. The second-order valence-electron chi connectivity index (χ2n) is 8.97. The molecule has 4 rings (SSSR count). The van der Waals surface area contributed by atoms with E-state index in [2.05, 4.69) is 4.52 Å². The summed E-state index contributed by atoms with van der Waals surface area (Å²) in [6, 6.07) is 9.29. The molecule has 0 saturated heterocycles. The normalized spacial score (nSPS) is 18.1. The smallest absolute Gasteiger partial charge is 0.469 e. The van der Waals surface area contributed by atoms with Crippen LogP contribution in [0.2, 0.25) is 0 Å². The molecule has 3 N–H and O–H groups in total. The highest BCUT2D eigenvalue weighted by atomic mass is 31.2. The number of benzene rings is 1. The van der Waals surface area contributed by atoms with Gasteiger partial charge < -0.3 is 24.7 Å². The molecule has 0 saturated carbocycles. The molecular weight excluding hydrogens is 465 g/mol. The van der Waals surface area contributed by atoms with E-state index in [1.54, 1.807) is 13.8 Å². The highest BCUT2D eigenvalue weighted by Crippen LogP contribution is 2.40. The monoisotopic (exact) mass is 491 g/mol. The van der Waals surface area contributed by atoms with E-state index in [0.717, 1.165) is 10.1 Å². The van der Waals surface area contributed by atoms with Crippen LogP contribution in [-0.2, 0) is 27.7 Å². The topological polar surface area (TPSA) is 150 Å². The quantitative estimate of drug-likeness (QED) is 0.514. The lowest BCUT2D eigenvalue weighted by atomic mass is 9.95. The van der Waals surface area contributed by atoms with Crippen LogP contribution in [0.3, 0.4) is 0 Å². The number of amides is 2. The Kier molecular flexibility index (Phi) is 5.93. The molecule has 34 heavy (non-hydrogen) atoms. The largest absolute Gasteiger partial charge is 0.502 e. The number of rotatable bonds is 6. The fourth-order valence-corrected chi connectivity index (χ4v) is 5.26. The van der Waals surface area contributed by atoms with E-state index < -0.39 is 42.7 Å². The molecule has 0 spiro atoms. The molecule has 11 nitrogen and oxygen atoms in total. The molecule has 1 unspecified atom stereocenters. The molecular formula is C22H26N3O8P. The molecule has 0 radical (unpaired) electrons. The minimum Gasteiger partial charge on any atom is -0.502 e. The number of phosphoric ester groups is 1. The van der Waals surface area contributed by atoms with Crippen molar-refractivity contribution in [2.24, 2.45) is 0 Å². The van der Waals surface area contributed by atoms with E-state index in [1.807, 2.05) is 30.3 Å². The molecule has 2 aliphatic rings. The predicted molar refractivity (Wildman–Crippen MR) is 120 cm³/mol. The first-order chi connectivity index (χ1) is 15.8. The first-order valence-corrected chi connectivity index (χ1v) is 12.3. The van der Waals surface area contributed by atoms with Crippen molar-refractivity contribution < 1.29 is 33.6 Å². The Balaban J connectivity index is 1.74. The van der Waals surface area contributed by atoms with Crippen LogP contribution in [0.1, 0.15) is 52.7 Å². The number of aromatic nitrogens is 1. The molecule has 2 aromatic rings. The van der Waals surface area contributed by atoms with Crippen LogP contribution in [0.25, 0.3) is 0 Å². The number of carbonyl (C=O) groups is 2. The van der Waals surface area contributed by atoms with Crippen molar-refractivity contribution in [2.75, 3.05) is 13.1 Å². The number of aromatic hydroxyl groups is 1. The predicted octanol–water partition coefficient (Wildman–Crippen LogP) is 1.40. The Morgan fingerprint density at radius 2 is 1.76 bits per heavy atom. The van der Waals surface area contributed by atoms with Crippen LogP contribution in [0.5, 0.6) is 5.75 Å². The lowest BCUT2D eigenvalue weighted by Gasteiger charge is -2.34. The van der Waals surface area contributed by atoms with E-state index in [-0.39, 0.29) is 36.3 Å². The van der Waals surface area contributed by atoms with Gasteiger partial charge in [-0.15, -0.1) is 0 Å². The van der Waals surface area contributed by atoms with E-state index in [9.17, 15) is 24.1 Å². The van der Waals surface area contributed by atoms with Crippen LogP contribution in [0, 0.1) is 0 Å². The van der Waals surface area contributed by atoms with Crippen molar-refractivity contribution in [1.82, 2.24) is 14.4 Å². The molecule has 0 bridgehead atoms. The Labute approximate surface area is 195 Å². The third kappa shape index (κ3) is 4.05. The van der Waals surface area contributed by atoms with Gasteiger partial charge in [0.15, 0.2) is 5.75 Å². The molecule has 0 aliphatic carbocycles. The van der Waals surface area contributed by atoms with Gasteiger partial charge in [-0.3, -0.25) is 23.5 Å². The third-order valence-corrected chi connectivity index (χ3v) is 6.85. The molecule has 12 heteroatoms. The number of nitrogens with zero attached hydrogens (tertiary/aromatic N) is 3. The Morgan fingerprint density at radius 3 is 2.38 bits per heavy atom. The lowest BCUT2D eigenvalue weighted by Crippen LogP contribution is -2.48. The summed E-state index contributed by atoms with van der Waals surface area (Å²) in [6.07, 6.45) is -0.789. The van der Waals surface area contributed by atoms with Gasteiger partial charge >= 0.3 is 7.82 Å². The maximum atomic E-state index is 13.4. The lowest BCUT2D eigenvalue weighted by molar-refractivity contribution is 0.0283. The first kappa shape index (κ1) is 24.2. The zero-order valence-electron chi connectivity index (χ0n) is 19.0. The molecule has 0 fully saturated rings. The Bertz CT molecular complexity index is 1270. The average molecular weight is 491 g/mol. The van der Waals surface area contributed by atoms with Gasteiger partial charge in [-0.2, -0.15) is 0 Å². The van der Waals surface area contributed by atoms with Gasteiger partial charge in [-0.25, -0.2) is 4.57 Å². The Morgan fingerprint density at radius 1 is 1.12 bits per heavy atom.